The SMILES string of the molecule is N#Cc1ccccc1COC1CCOCC1. The number of nitrogens with zero attached hydrogens (tertiary/aromatic N) is 1. The standard InChI is InChI=1S/C13H15NO2/c14-9-11-3-1-2-4-12(11)10-16-13-5-7-15-8-6-13/h1-4,13H,5-8,10H2. The van der Waals surface area contributed by atoms with Crippen LogP contribution in [0.3, 0.4) is 0 Å². The van der Waals surface area contributed by atoms with Gasteiger partial charge < -0.3 is 9.47 Å². The van der Waals surface area contributed by atoms with E-state index < -0.39 is 0 Å². The van der Waals surface area contributed by atoms with Crippen molar-refractivity contribution >= 4 is 0 Å². The Morgan fingerprint density at radius 3 is 2.81 bits per heavy atom. The highest BCUT2D eigenvalue weighted by atomic mass is 16.5. The second-order valence-electron chi connectivity index (χ2n) is 3.89. The maximum atomic E-state index is 8.93. The van der Waals surface area contributed by atoms with Crippen LogP contribution in [-0.4, -0.2) is 19.3 Å². The molecular weight excluding hydrogens is 202 g/mol. The number of hydrogen-bond acceptors (Lipinski definition) is 3. The smallest absolute Gasteiger partial charge is 0.0995 e. The molecule has 1 saturated heterocycles. The van der Waals surface area contributed by atoms with Gasteiger partial charge in [-0.05, 0) is 24.5 Å². The average Bonchev–Trinajstić information content (AvgIpc) is 2.38. The minimum Gasteiger partial charge on any atom is -0.381 e. The van der Waals surface area contributed by atoms with E-state index in [1.54, 1.807) is 0 Å². The van der Waals surface area contributed by atoms with Crippen LogP contribution in [0, 0.1) is 11.3 Å². The van der Waals surface area contributed by atoms with Gasteiger partial charge in [-0.15, -0.1) is 0 Å². The molecule has 1 aromatic carbocycles. The highest BCUT2D eigenvalue weighted by Crippen LogP contribution is 2.15. The number of nitriles is 1. The maximum absolute atomic E-state index is 8.93. The second kappa shape index (κ2) is 5.64. The van der Waals surface area contributed by atoms with Crippen LogP contribution >= 0.6 is 0 Å². The van der Waals surface area contributed by atoms with Gasteiger partial charge in [0.1, 0.15) is 0 Å². The highest BCUT2D eigenvalue weighted by molar-refractivity contribution is 5.36. The lowest BCUT2D eigenvalue weighted by Gasteiger charge is -2.22. The lowest BCUT2D eigenvalue weighted by Crippen LogP contribution is -2.23. The molecule has 3 heteroatoms. The second-order valence-corrected chi connectivity index (χ2v) is 3.89. The van der Waals surface area contributed by atoms with Gasteiger partial charge >= 0.3 is 0 Å². The summed E-state index contributed by atoms with van der Waals surface area (Å²) in [5.41, 5.74) is 1.67. The van der Waals surface area contributed by atoms with Gasteiger partial charge in [0.15, 0.2) is 0 Å². The Hall–Kier alpha value is -1.37. The summed E-state index contributed by atoms with van der Waals surface area (Å²) in [4.78, 5) is 0. The van der Waals surface area contributed by atoms with Crippen LogP contribution in [0.5, 0.6) is 0 Å². The van der Waals surface area contributed by atoms with Crippen molar-refractivity contribution in [2.24, 2.45) is 0 Å². The zero-order valence-electron chi connectivity index (χ0n) is 9.19. The molecule has 0 unspecified atom stereocenters. The zero-order chi connectivity index (χ0) is 11.2. The van der Waals surface area contributed by atoms with E-state index in [1.165, 1.54) is 0 Å². The summed E-state index contributed by atoms with van der Waals surface area (Å²) in [7, 11) is 0. The molecule has 0 saturated carbocycles. The summed E-state index contributed by atoms with van der Waals surface area (Å²) in [6.45, 7) is 2.09. The maximum Gasteiger partial charge on any atom is 0.0995 e. The van der Waals surface area contributed by atoms with E-state index >= 15 is 0 Å². The molecule has 0 N–H and O–H groups in total. The number of hydrogen-bond donors (Lipinski definition) is 0. The van der Waals surface area contributed by atoms with Gasteiger partial charge in [-0.3, -0.25) is 0 Å². The largest absolute Gasteiger partial charge is 0.381 e. The molecule has 0 aliphatic carbocycles. The van der Waals surface area contributed by atoms with Crippen LogP contribution in [0.15, 0.2) is 24.3 Å². The lowest BCUT2D eigenvalue weighted by molar-refractivity contribution is -0.0391. The van der Waals surface area contributed by atoms with Crippen molar-refractivity contribution in [3.05, 3.63) is 35.4 Å². The lowest BCUT2D eigenvalue weighted by atomic mass is 10.1. The van der Waals surface area contributed by atoms with Crippen molar-refractivity contribution in [1.82, 2.24) is 0 Å². The van der Waals surface area contributed by atoms with E-state index in [0.29, 0.717) is 12.2 Å². The van der Waals surface area contributed by atoms with E-state index in [4.69, 9.17) is 14.7 Å². The van der Waals surface area contributed by atoms with Crippen LogP contribution in [0.25, 0.3) is 0 Å². The number of benzene rings is 1. The van der Waals surface area contributed by atoms with E-state index in [1.807, 2.05) is 24.3 Å². The van der Waals surface area contributed by atoms with E-state index in [0.717, 1.165) is 31.6 Å². The predicted molar refractivity (Wildman–Crippen MR) is 59.8 cm³/mol. The fourth-order valence-electron chi connectivity index (χ4n) is 1.81. The molecule has 1 fully saturated rings. The Morgan fingerprint density at radius 2 is 2.06 bits per heavy atom. The summed E-state index contributed by atoms with van der Waals surface area (Å²) in [5, 5.41) is 8.93. The quantitative estimate of drug-likeness (QED) is 0.779. The molecule has 0 bridgehead atoms. The van der Waals surface area contributed by atoms with Crippen LogP contribution in [0.1, 0.15) is 24.0 Å². The molecule has 3 nitrogen and oxygen atoms in total. The molecule has 0 atom stereocenters. The Balaban J connectivity index is 1.91. The van der Waals surface area contributed by atoms with Crippen LogP contribution in [-0.2, 0) is 16.1 Å². The average molecular weight is 217 g/mol. The fraction of sp³-hybridized carbons (Fsp3) is 0.462. The molecule has 0 spiro atoms. The van der Waals surface area contributed by atoms with Gasteiger partial charge in [0.25, 0.3) is 0 Å². The van der Waals surface area contributed by atoms with E-state index in [-0.39, 0.29) is 6.10 Å². The molecule has 1 aliphatic heterocycles. The van der Waals surface area contributed by atoms with Crippen LogP contribution < -0.4 is 0 Å². The van der Waals surface area contributed by atoms with E-state index in [9.17, 15) is 0 Å². The molecule has 16 heavy (non-hydrogen) atoms. The summed E-state index contributed by atoms with van der Waals surface area (Å²) < 4.78 is 11.0. The van der Waals surface area contributed by atoms with Gasteiger partial charge in [0.2, 0.25) is 0 Å². The minimum absolute atomic E-state index is 0.278. The third-order valence-electron chi connectivity index (χ3n) is 2.78. The molecule has 0 aromatic heterocycles. The topological polar surface area (TPSA) is 42.2 Å². The summed E-state index contributed by atoms with van der Waals surface area (Å²) in [6.07, 6.45) is 2.18. The normalized spacial score (nSPS) is 16.9. The number of ether oxygens (including phenoxy) is 2. The minimum atomic E-state index is 0.278. The van der Waals surface area contributed by atoms with Crippen molar-refractivity contribution in [2.75, 3.05) is 13.2 Å². The monoisotopic (exact) mass is 217 g/mol. The Morgan fingerprint density at radius 1 is 1.31 bits per heavy atom. The summed E-state index contributed by atoms with van der Waals surface area (Å²) in [6, 6.07) is 9.75. The molecule has 0 radical (unpaired) electrons. The molecule has 84 valence electrons. The first-order valence-electron chi connectivity index (χ1n) is 5.57. The predicted octanol–water partition coefficient (Wildman–Crippen LogP) is 2.25. The molecule has 1 aliphatic rings. The molecule has 1 aromatic rings. The first kappa shape index (κ1) is 11.1. The fourth-order valence-corrected chi connectivity index (χ4v) is 1.81. The first-order chi connectivity index (χ1) is 7.90. The molecule has 1 heterocycles. The summed E-state index contributed by atoms with van der Waals surface area (Å²) >= 11 is 0. The van der Waals surface area contributed by atoms with Gasteiger partial charge in [-0.25, -0.2) is 0 Å². The van der Waals surface area contributed by atoms with Crippen molar-refractivity contribution in [3.63, 3.8) is 0 Å². The van der Waals surface area contributed by atoms with Crippen LogP contribution in [0.4, 0.5) is 0 Å². The van der Waals surface area contributed by atoms with E-state index in [2.05, 4.69) is 6.07 Å². The van der Waals surface area contributed by atoms with Crippen LogP contribution in [0.2, 0.25) is 0 Å². The zero-order valence-corrected chi connectivity index (χ0v) is 9.19. The van der Waals surface area contributed by atoms with Crippen molar-refractivity contribution < 1.29 is 9.47 Å². The van der Waals surface area contributed by atoms with Gasteiger partial charge in [-0.1, -0.05) is 18.2 Å². The summed E-state index contributed by atoms with van der Waals surface area (Å²) in [5.74, 6) is 0. The van der Waals surface area contributed by atoms with Gasteiger partial charge in [0, 0.05) is 13.2 Å². The Kier molecular flexibility index (Phi) is 3.92. The van der Waals surface area contributed by atoms with Gasteiger partial charge in [0.05, 0.1) is 24.3 Å². The Labute approximate surface area is 95.6 Å². The number of rotatable bonds is 3. The van der Waals surface area contributed by atoms with Crippen molar-refractivity contribution in [1.29, 1.82) is 5.26 Å². The molecule has 0 amide bonds. The Bertz CT molecular complexity index is 378. The third kappa shape index (κ3) is 2.82. The molecule has 2 rings (SSSR count). The highest BCUT2D eigenvalue weighted by Gasteiger charge is 2.14. The van der Waals surface area contributed by atoms with Crippen molar-refractivity contribution in [3.8, 4) is 6.07 Å². The third-order valence-corrected chi connectivity index (χ3v) is 2.78. The van der Waals surface area contributed by atoms with Crippen molar-refractivity contribution in [2.45, 2.75) is 25.6 Å². The molecular formula is C13H15NO2. The first-order valence-corrected chi connectivity index (χ1v) is 5.57. The van der Waals surface area contributed by atoms with Gasteiger partial charge in [-0.2, -0.15) is 5.26 Å².